The van der Waals surface area contributed by atoms with Gasteiger partial charge in [0.25, 0.3) is 0 Å². The van der Waals surface area contributed by atoms with Crippen LogP contribution in [0.3, 0.4) is 0 Å². The van der Waals surface area contributed by atoms with Crippen LogP contribution in [0.5, 0.6) is 0 Å². The van der Waals surface area contributed by atoms with E-state index in [1.807, 2.05) is 20.9 Å². The number of aromatic nitrogens is 1. The number of esters is 1. The summed E-state index contributed by atoms with van der Waals surface area (Å²) in [4.78, 5) is 26.0. The number of hydrogen-bond donors (Lipinski definition) is 1. The lowest BCUT2D eigenvalue weighted by molar-refractivity contribution is -0.138. The summed E-state index contributed by atoms with van der Waals surface area (Å²) in [5.41, 5.74) is 4.69. The minimum absolute atomic E-state index is 0.0415. The first-order valence-electron chi connectivity index (χ1n) is 9.58. The molecule has 2 aliphatic rings. The number of dihydropyridines is 1. The van der Waals surface area contributed by atoms with Crippen LogP contribution in [-0.2, 0) is 21.4 Å². The molecule has 0 aromatic carbocycles. The molecule has 1 unspecified atom stereocenters. The number of nitrogens with one attached hydrogen (secondary N) is 1. The fraction of sp³-hybridized carbons (Fsp3) is 0.500. The number of allylic oxidation sites excluding steroid dienone is 3. The van der Waals surface area contributed by atoms with Crippen molar-refractivity contribution in [2.75, 3.05) is 6.61 Å². The second kappa shape index (κ2) is 6.97. The maximum absolute atomic E-state index is 13.2. The van der Waals surface area contributed by atoms with Gasteiger partial charge in [0.05, 0.1) is 12.2 Å². The zero-order valence-corrected chi connectivity index (χ0v) is 17.4. The summed E-state index contributed by atoms with van der Waals surface area (Å²) >= 11 is 0. The number of ether oxygens (including phenoxy) is 1. The maximum Gasteiger partial charge on any atom is 0.336 e. The molecule has 148 valence electrons. The lowest BCUT2D eigenvalue weighted by Gasteiger charge is -2.39. The summed E-state index contributed by atoms with van der Waals surface area (Å²) in [6.07, 6.45) is 1.16. The van der Waals surface area contributed by atoms with Crippen molar-refractivity contribution in [1.82, 2.24) is 9.88 Å². The third kappa shape index (κ3) is 3.15. The molecule has 0 amide bonds. The zero-order chi connectivity index (χ0) is 20.8. The fourth-order valence-corrected chi connectivity index (χ4v) is 4.35. The number of nitriles is 1. The molecule has 1 aliphatic heterocycles. The molecule has 1 N–H and O–H groups in total. The van der Waals surface area contributed by atoms with Gasteiger partial charge < -0.3 is 14.6 Å². The van der Waals surface area contributed by atoms with Gasteiger partial charge in [0, 0.05) is 42.0 Å². The van der Waals surface area contributed by atoms with Gasteiger partial charge in [0.2, 0.25) is 0 Å². The number of rotatable bonds is 3. The van der Waals surface area contributed by atoms with Gasteiger partial charge in [0.1, 0.15) is 11.8 Å². The van der Waals surface area contributed by atoms with E-state index in [4.69, 9.17) is 4.74 Å². The standard InChI is InChI=1S/C22H27N3O3/c1-7-28-21(27)18-12(2)24-16-9-22(4,5)10-17(26)20(16)19(18)15-8-14(11-23)25(6)13(15)3/h8,19,24H,7,9-10H2,1-6H3. The number of hydrogen-bond acceptors (Lipinski definition) is 5. The van der Waals surface area contributed by atoms with Gasteiger partial charge in [-0.05, 0) is 44.2 Å². The van der Waals surface area contributed by atoms with Crippen molar-refractivity contribution < 1.29 is 14.3 Å². The fourth-order valence-electron chi connectivity index (χ4n) is 4.35. The number of nitrogens with zero attached hydrogens (tertiary/aromatic N) is 2. The Balaban J connectivity index is 2.26. The second-order valence-electron chi connectivity index (χ2n) is 8.39. The van der Waals surface area contributed by atoms with Crippen LogP contribution < -0.4 is 5.32 Å². The lowest BCUT2D eigenvalue weighted by atomic mass is 9.68. The third-order valence-corrected chi connectivity index (χ3v) is 5.74. The van der Waals surface area contributed by atoms with Gasteiger partial charge in [0.15, 0.2) is 5.78 Å². The Labute approximate surface area is 165 Å². The Kier molecular flexibility index (Phi) is 4.97. The lowest BCUT2D eigenvalue weighted by Crippen LogP contribution is -2.38. The molecule has 0 saturated heterocycles. The van der Waals surface area contributed by atoms with Crippen molar-refractivity contribution in [3.05, 3.63) is 45.6 Å². The largest absolute Gasteiger partial charge is 0.463 e. The molecule has 1 aromatic rings. The topological polar surface area (TPSA) is 84.1 Å². The maximum atomic E-state index is 13.2. The first-order valence-corrected chi connectivity index (χ1v) is 9.58. The highest BCUT2D eigenvalue weighted by Gasteiger charge is 2.44. The average molecular weight is 381 g/mol. The Morgan fingerprint density at radius 2 is 2.07 bits per heavy atom. The smallest absolute Gasteiger partial charge is 0.336 e. The summed E-state index contributed by atoms with van der Waals surface area (Å²) in [7, 11) is 1.82. The van der Waals surface area contributed by atoms with E-state index in [9.17, 15) is 14.9 Å². The molecule has 3 rings (SSSR count). The van der Waals surface area contributed by atoms with Gasteiger partial charge in [-0.2, -0.15) is 5.26 Å². The van der Waals surface area contributed by atoms with Gasteiger partial charge in [-0.15, -0.1) is 0 Å². The monoisotopic (exact) mass is 381 g/mol. The molecule has 0 spiro atoms. The molecule has 1 aromatic heterocycles. The zero-order valence-electron chi connectivity index (χ0n) is 17.4. The summed E-state index contributed by atoms with van der Waals surface area (Å²) < 4.78 is 7.12. The van der Waals surface area contributed by atoms with Crippen molar-refractivity contribution >= 4 is 11.8 Å². The van der Waals surface area contributed by atoms with E-state index in [1.54, 1.807) is 17.6 Å². The van der Waals surface area contributed by atoms with Crippen LogP contribution >= 0.6 is 0 Å². The van der Waals surface area contributed by atoms with Crippen LogP contribution in [0.1, 0.15) is 63.4 Å². The highest BCUT2D eigenvalue weighted by atomic mass is 16.5. The van der Waals surface area contributed by atoms with Gasteiger partial charge in [-0.25, -0.2) is 4.79 Å². The van der Waals surface area contributed by atoms with Crippen molar-refractivity contribution in [3.8, 4) is 6.07 Å². The predicted octanol–water partition coefficient (Wildman–Crippen LogP) is 3.37. The van der Waals surface area contributed by atoms with Crippen LogP contribution in [0.2, 0.25) is 0 Å². The first kappa shape index (κ1) is 19.9. The summed E-state index contributed by atoms with van der Waals surface area (Å²) in [5, 5.41) is 12.8. The molecule has 0 saturated carbocycles. The molecule has 28 heavy (non-hydrogen) atoms. The predicted molar refractivity (Wildman–Crippen MR) is 105 cm³/mol. The molecular formula is C22H27N3O3. The van der Waals surface area contributed by atoms with Crippen LogP contribution in [0.25, 0.3) is 0 Å². The summed E-state index contributed by atoms with van der Waals surface area (Å²) in [6.45, 7) is 9.93. The van der Waals surface area contributed by atoms with E-state index in [-0.39, 0.29) is 17.8 Å². The van der Waals surface area contributed by atoms with Crippen molar-refractivity contribution in [2.45, 2.75) is 53.4 Å². The minimum Gasteiger partial charge on any atom is -0.463 e. The molecular weight excluding hydrogens is 354 g/mol. The van der Waals surface area contributed by atoms with Crippen LogP contribution in [0, 0.1) is 23.7 Å². The molecule has 0 bridgehead atoms. The molecule has 0 fully saturated rings. The van der Waals surface area contributed by atoms with Crippen LogP contribution in [-0.4, -0.2) is 22.9 Å². The van der Waals surface area contributed by atoms with E-state index in [1.165, 1.54) is 0 Å². The SMILES string of the molecule is CCOC(=O)C1=C(C)NC2=C(C(=O)CC(C)(C)C2)C1c1cc(C#N)n(C)c1C. The average Bonchev–Trinajstić information content (AvgIpc) is 2.87. The molecule has 1 aliphatic carbocycles. The number of Topliss-reactive ketones (excluding diaryl/α,β-unsaturated/α-hetero) is 1. The number of carbonyl (C=O) groups is 2. The van der Waals surface area contributed by atoms with Crippen molar-refractivity contribution in [1.29, 1.82) is 5.26 Å². The Morgan fingerprint density at radius 3 is 2.64 bits per heavy atom. The van der Waals surface area contributed by atoms with Crippen LogP contribution in [0.15, 0.2) is 28.6 Å². The summed E-state index contributed by atoms with van der Waals surface area (Å²) in [6, 6.07) is 3.97. The Bertz CT molecular complexity index is 970. The minimum atomic E-state index is -0.521. The van der Waals surface area contributed by atoms with E-state index >= 15 is 0 Å². The summed E-state index contributed by atoms with van der Waals surface area (Å²) in [5.74, 6) is -0.907. The van der Waals surface area contributed by atoms with E-state index in [2.05, 4.69) is 25.2 Å². The number of carbonyl (C=O) groups excluding carboxylic acids is 2. The van der Waals surface area contributed by atoms with Crippen LogP contribution in [0.4, 0.5) is 0 Å². The van der Waals surface area contributed by atoms with Gasteiger partial charge >= 0.3 is 5.97 Å². The van der Waals surface area contributed by atoms with E-state index < -0.39 is 11.9 Å². The number of ketones is 1. The molecule has 0 radical (unpaired) electrons. The van der Waals surface area contributed by atoms with E-state index in [0.29, 0.717) is 29.0 Å². The highest BCUT2D eigenvalue weighted by Crippen LogP contribution is 2.47. The first-order chi connectivity index (χ1) is 13.1. The third-order valence-electron chi connectivity index (χ3n) is 5.74. The normalized spacial score (nSPS) is 21.2. The highest BCUT2D eigenvalue weighted by molar-refractivity contribution is 6.04. The Hall–Kier alpha value is -2.81. The van der Waals surface area contributed by atoms with Gasteiger partial charge in [-0.3, -0.25) is 4.79 Å². The van der Waals surface area contributed by atoms with Gasteiger partial charge in [-0.1, -0.05) is 13.8 Å². The molecule has 6 heteroatoms. The Morgan fingerprint density at radius 1 is 1.39 bits per heavy atom. The molecule has 2 heterocycles. The van der Waals surface area contributed by atoms with E-state index in [0.717, 1.165) is 23.4 Å². The van der Waals surface area contributed by atoms with Crippen molar-refractivity contribution in [3.63, 3.8) is 0 Å². The molecule has 1 atom stereocenters. The quantitative estimate of drug-likeness (QED) is 0.812. The molecule has 6 nitrogen and oxygen atoms in total. The second-order valence-corrected chi connectivity index (χ2v) is 8.39. The van der Waals surface area contributed by atoms with Crippen molar-refractivity contribution in [2.24, 2.45) is 12.5 Å².